The van der Waals surface area contributed by atoms with Gasteiger partial charge in [0.05, 0.1) is 6.20 Å². The minimum absolute atomic E-state index is 0.212. The van der Waals surface area contributed by atoms with Crippen LogP contribution in [0.4, 0.5) is 22.7 Å². The number of nitrogens with zero attached hydrogens (tertiary/aromatic N) is 1. The number of anilines is 1. The largest absolute Gasteiger partial charge is 0.427 e. The van der Waals surface area contributed by atoms with E-state index in [0.717, 1.165) is 11.8 Å². The fourth-order valence-electron chi connectivity index (χ4n) is 1.49. The number of aromatic nitrogens is 1. The van der Waals surface area contributed by atoms with Crippen LogP contribution in [0.5, 0.6) is 0 Å². The molecule has 0 unspecified atom stereocenters. The molecule has 19 heavy (non-hydrogen) atoms. The zero-order chi connectivity index (χ0) is 13.9. The van der Waals surface area contributed by atoms with Crippen molar-refractivity contribution in [1.29, 1.82) is 0 Å². The third-order valence-corrected chi connectivity index (χ3v) is 3.36. The number of alkyl halides is 3. The van der Waals surface area contributed by atoms with E-state index in [4.69, 9.17) is 0 Å². The van der Waals surface area contributed by atoms with Gasteiger partial charge in [0, 0.05) is 6.54 Å². The van der Waals surface area contributed by atoms with Gasteiger partial charge in [-0.1, -0.05) is 23.5 Å². The van der Waals surface area contributed by atoms with Crippen molar-refractivity contribution in [3.63, 3.8) is 0 Å². The molecule has 2 nitrogen and oxygen atoms in total. The van der Waals surface area contributed by atoms with Gasteiger partial charge in [-0.2, -0.15) is 13.2 Å². The molecule has 0 fully saturated rings. The molecule has 1 N–H and O–H groups in total. The van der Waals surface area contributed by atoms with E-state index >= 15 is 0 Å². The standard InChI is InChI=1S/C12H10F4N2S/c13-9-3-1-2-8(6-9)4-5-17-11-18-7-10(19-11)12(14,15)16/h1-3,6-7H,4-5H2,(H,17,18). The summed E-state index contributed by atoms with van der Waals surface area (Å²) in [5.41, 5.74) is 0.778. The smallest absolute Gasteiger partial charge is 0.361 e. The first-order chi connectivity index (χ1) is 8.95. The second kappa shape index (κ2) is 5.56. The van der Waals surface area contributed by atoms with E-state index in [-0.39, 0.29) is 10.9 Å². The second-order valence-corrected chi connectivity index (χ2v) is 4.86. The first kappa shape index (κ1) is 13.8. The SMILES string of the molecule is Fc1cccc(CCNc2ncc(C(F)(F)F)s2)c1. The molecule has 0 bridgehead atoms. The van der Waals surface area contributed by atoms with Crippen LogP contribution in [0, 0.1) is 5.82 Å². The summed E-state index contributed by atoms with van der Waals surface area (Å²) in [6.45, 7) is 0.397. The number of nitrogens with one attached hydrogen (secondary N) is 1. The molecule has 1 heterocycles. The second-order valence-electron chi connectivity index (χ2n) is 3.83. The molecule has 102 valence electrons. The first-order valence-corrected chi connectivity index (χ1v) is 6.28. The number of halogens is 4. The normalized spacial score (nSPS) is 11.6. The van der Waals surface area contributed by atoms with Crippen LogP contribution < -0.4 is 5.32 Å². The van der Waals surface area contributed by atoms with Gasteiger partial charge < -0.3 is 5.32 Å². The van der Waals surface area contributed by atoms with Gasteiger partial charge in [0.1, 0.15) is 10.7 Å². The summed E-state index contributed by atoms with van der Waals surface area (Å²) in [4.78, 5) is 2.91. The Bertz CT molecular complexity index is 551. The number of hydrogen-bond acceptors (Lipinski definition) is 3. The third kappa shape index (κ3) is 3.92. The van der Waals surface area contributed by atoms with E-state index in [1.807, 2.05) is 0 Å². The maximum Gasteiger partial charge on any atom is 0.427 e. The molecule has 0 amide bonds. The van der Waals surface area contributed by atoms with E-state index in [0.29, 0.717) is 24.3 Å². The molecule has 2 rings (SSSR count). The Kier molecular flexibility index (Phi) is 4.04. The average molecular weight is 290 g/mol. The highest BCUT2D eigenvalue weighted by molar-refractivity contribution is 7.15. The number of hydrogen-bond donors (Lipinski definition) is 1. The summed E-state index contributed by atoms with van der Waals surface area (Å²) in [5.74, 6) is -0.328. The molecule has 1 aromatic heterocycles. The van der Waals surface area contributed by atoms with Crippen LogP contribution in [0.3, 0.4) is 0 Å². The van der Waals surface area contributed by atoms with Crippen molar-refractivity contribution in [3.8, 4) is 0 Å². The molecule has 0 saturated heterocycles. The van der Waals surface area contributed by atoms with E-state index in [1.165, 1.54) is 12.1 Å². The predicted octanol–water partition coefficient (Wildman–Crippen LogP) is 3.96. The molecule has 7 heteroatoms. The van der Waals surface area contributed by atoms with Gasteiger partial charge in [-0.25, -0.2) is 9.37 Å². The molecule has 2 aromatic rings. The molecule has 0 radical (unpaired) electrons. The van der Waals surface area contributed by atoms with E-state index in [2.05, 4.69) is 10.3 Å². The first-order valence-electron chi connectivity index (χ1n) is 5.46. The van der Waals surface area contributed by atoms with E-state index in [1.54, 1.807) is 12.1 Å². The molecule has 1 aromatic carbocycles. The Balaban J connectivity index is 1.88. The lowest BCUT2D eigenvalue weighted by Crippen LogP contribution is -2.04. The quantitative estimate of drug-likeness (QED) is 0.862. The highest BCUT2D eigenvalue weighted by Gasteiger charge is 2.33. The maximum absolute atomic E-state index is 12.9. The summed E-state index contributed by atoms with van der Waals surface area (Å²) < 4.78 is 49.9. The summed E-state index contributed by atoms with van der Waals surface area (Å²) in [6.07, 6.45) is -3.05. The summed E-state index contributed by atoms with van der Waals surface area (Å²) in [5, 5.41) is 3.00. The molecule has 0 saturated carbocycles. The van der Waals surface area contributed by atoms with Crippen molar-refractivity contribution in [2.75, 3.05) is 11.9 Å². The van der Waals surface area contributed by atoms with Crippen molar-refractivity contribution in [1.82, 2.24) is 4.98 Å². The number of thiazole rings is 1. The van der Waals surface area contributed by atoms with Crippen LogP contribution in [0.2, 0.25) is 0 Å². The van der Waals surface area contributed by atoms with Gasteiger partial charge in [0.25, 0.3) is 0 Å². The summed E-state index contributed by atoms with van der Waals surface area (Å²) in [6, 6.07) is 6.08. The van der Waals surface area contributed by atoms with Gasteiger partial charge in [-0.3, -0.25) is 0 Å². The van der Waals surface area contributed by atoms with E-state index in [9.17, 15) is 17.6 Å². The minimum atomic E-state index is -4.36. The van der Waals surface area contributed by atoms with Gasteiger partial charge in [-0.15, -0.1) is 0 Å². The van der Waals surface area contributed by atoms with Crippen LogP contribution >= 0.6 is 11.3 Å². The van der Waals surface area contributed by atoms with Crippen molar-refractivity contribution >= 4 is 16.5 Å². The lowest BCUT2D eigenvalue weighted by Gasteiger charge is -2.03. The number of benzene rings is 1. The lowest BCUT2D eigenvalue weighted by molar-refractivity contribution is -0.134. The minimum Gasteiger partial charge on any atom is -0.361 e. The van der Waals surface area contributed by atoms with Gasteiger partial charge >= 0.3 is 6.18 Å². The van der Waals surface area contributed by atoms with Crippen LogP contribution in [0.15, 0.2) is 30.5 Å². The fourth-order valence-corrected chi connectivity index (χ4v) is 2.20. The zero-order valence-corrected chi connectivity index (χ0v) is 10.5. The summed E-state index contributed by atoms with van der Waals surface area (Å²) >= 11 is 0.557. The Morgan fingerprint density at radius 3 is 2.68 bits per heavy atom. The van der Waals surface area contributed by atoms with Crippen molar-refractivity contribution in [3.05, 3.63) is 46.7 Å². The van der Waals surface area contributed by atoms with E-state index < -0.39 is 11.1 Å². The van der Waals surface area contributed by atoms with Crippen molar-refractivity contribution in [2.45, 2.75) is 12.6 Å². The molecule has 0 aliphatic carbocycles. The zero-order valence-electron chi connectivity index (χ0n) is 9.67. The monoisotopic (exact) mass is 290 g/mol. The van der Waals surface area contributed by atoms with Gasteiger partial charge in [0.15, 0.2) is 5.13 Å². The molecular formula is C12H10F4N2S. The Morgan fingerprint density at radius 2 is 2.05 bits per heavy atom. The van der Waals surface area contributed by atoms with Crippen molar-refractivity contribution < 1.29 is 17.6 Å². The molecule has 0 aliphatic heterocycles. The molecule has 0 atom stereocenters. The highest BCUT2D eigenvalue weighted by Crippen LogP contribution is 2.34. The van der Waals surface area contributed by atoms with Crippen LogP contribution in [0.25, 0.3) is 0 Å². The highest BCUT2D eigenvalue weighted by atomic mass is 32.1. The van der Waals surface area contributed by atoms with Crippen LogP contribution in [-0.2, 0) is 12.6 Å². The molecule has 0 spiro atoms. The summed E-state index contributed by atoms with van der Waals surface area (Å²) in [7, 11) is 0. The van der Waals surface area contributed by atoms with Crippen LogP contribution in [-0.4, -0.2) is 11.5 Å². The van der Waals surface area contributed by atoms with Crippen molar-refractivity contribution in [2.24, 2.45) is 0 Å². The average Bonchev–Trinajstić information content (AvgIpc) is 2.77. The molecular weight excluding hydrogens is 280 g/mol. The number of rotatable bonds is 4. The topological polar surface area (TPSA) is 24.9 Å². The van der Waals surface area contributed by atoms with Gasteiger partial charge in [-0.05, 0) is 24.1 Å². The predicted molar refractivity (Wildman–Crippen MR) is 65.7 cm³/mol. The Hall–Kier alpha value is -1.63. The Labute approximate surface area is 111 Å². The molecule has 0 aliphatic rings. The van der Waals surface area contributed by atoms with Gasteiger partial charge in [0.2, 0.25) is 0 Å². The maximum atomic E-state index is 12.9. The van der Waals surface area contributed by atoms with Crippen LogP contribution in [0.1, 0.15) is 10.4 Å². The lowest BCUT2D eigenvalue weighted by atomic mass is 10.1. The third-order valence-electron chi connectivity index (χ3n) is 2.36. The fraction of sp³-hybridized carbons (Fsp3) is 0.250. The Morgan fingerprint density at radius 1 is 1.26 bits per heavy atom.